The Kier molecular flexibility index (Phi) is 3.09. The molecule has 3 aromatic rings. The third-order valence-electron chi connectivity index (χ3n) is 3.07. The van der Waals surface area contributed by atoms with Crippen LogP contribution in [0.2, 0.25) is 0 Å². The number of benzene rings is 3. The maximum atomic E-state index is 12.2. The molecular weight excluding hydrogens is 252 g/mol. The fourth-order valence-electron chi connectivity index (χ4n) is 2.12. The number of para-hydroxylation sites is 1. The highest BCUT2D eigenvalue weighted by molar-refractivity contribution is 6.06. The van der Waals surface area contributed by atoms with Crippen LogP contribution in [0.4, 0.5) is 0 Å². The Morgan fingerprint density at radius 2 is 1.50 bits per heavy atom. The first-order valence-corrected chi connectivity index (χ1v) is 6.23. The van der Waals surface area contributed by atoms with E-state index in [1.54, 1.807) is 60.7 Å². The smallest absolute Gasteiger partial charge is 0.344 e. The van der Waals surface area contributed by atoms with E-state index in [-0.39, 0.29) is 5.75 Å². The number of carbonyl (C=O) groups excluding carboxylic acids is 1. The van der Waals surface area contributed by atoms with Gasteiger partial charge in [0, 0.05) is 5.39 Å². The lowest BCUT2D eigenvalue weighted by atomic mass is 10.0. The van der Waals surface area contributed by atoms with Crippen molar-refractivity contribution in [2.24, 2.45) is 0 Å². The molecule has 3 aromatic carbocycles. The Bertz CT molecular complexity index is 764. The second-order valence-electron chi connectivity index (χ2n) is 4.38. The summed E-state index contributed by atoms with van der Waals surface area (Å²) in [5.41, 5.74) is 0.433. The minimum Gasteiger partial charge on any atom is -0.507 e. The standard InChI is InChI=1S/C17H12O3/c18-16-11-5-8-13-14(16)9-4-10-15(13)17(19)20-12-6-2-1-3-7-12/h1-11,18H. The molecule has 0 unspecified atom stereocenters. The fourth-order valence-corrected chi connectivity index (χ4v) is 2.12. The third kappa shape index (κ3) is 2.21. The van der Waals surface area contributed by atoms with E-state index in [4.69, 9.17) is 4.74 Å². The van der Waals surface area contributed by atoms with Gasteiger partial charge in [0.1, 0.15) is 11.5 Å². The topological polar surface area (TPSA) is 46.5 Å². The highest BCUT2D eigenvalue weighted by atomic mass is 16.5. The lowest BCUT2D eigenvalue weighted by Crippen LogP contribution is -2.08. The Morgan fingerprint density at radius 1 is 0.800 bits per heavy atom. The summed E-state index contributed by atoms with van der Waals surface area (Å²) in [5, 5.41) is 11.1. The molecule has 0 aromatic heterocycles. The summed E-state index contributed by atoms with van der Waals surface area (Å²) in [4.78, 5) is 12.2. The second-order valence-corrected chi connectivity index (χ2v) is 4.38. The first-order valence-electron chi connectivity index (χ1n) is 6.23. The molecule has 0 fully saturated rings. The van der Waals surface area contributed by atoms with Gasteiger partial charge in [0.2, 0.25) is 0 Å². The fraction of sp³-hybridized carbons (Fsp3) is 0. The highest BCUT2D eigenvalue weighted by Gasteiger charge is 2.13. The molecule has 0 aliphatic rings. The van der Waals surface area contributed by atoms with E-state index in [0.29, 0.717) is 22.1 Å². The minimum atomic E-state index is -0.438. The quantitative estimate of drug-likeness (QED) is 0.566. The minimum absolute atomic E-state index is 0.150. The molecule has 0 atom stereocenters. The first kappa shape index (κ1) is 12.2. The predicted octanol–water partition coefficient (Wildman–Crippen LogP) is 3.76. The number of fused-ring (bicyclic) bond motifs is 1. The van der Waals surface area contributed by atoms with E-state index >= 15 is 0 Å². The van der Waals surface area contributed by atoms with Gasteiger partial charge in [0.05, 0.1) is 5.56 Å². The van der Waals surface area contributed by atoms with Crippen molar-refractivity contribution in [3.63, 3.8) is 0 Å². The molecule has 0 bridgehead atoms. The van der Waals surface area contributed by atoms with Gasteiger partial charge in [0.15, 0.2) is 0 Å². The van der Waals surface area contributed by atoms with E-state index in [9.17, 15) is 9.90 Å². The Hall–Kier alpha value is -2.81. The molecule has 0 spiro atoms. The molecule has 0 saturated carbocycles. The van der Waals surface area contributed by atoms with E-state index in [0.717, 1.165) is 0 Å². The normalized spacial score (nSPS) is 10.4. The molecule has 98 valence electrons. The van der Waals surface area contributed by atoms with Crippen LogP contribution in [0.1, 0.15) is 10.4 Å². The zero-order valence-corrected chi connectivity index (χ0v) is 10.6. The Morgan fingerprint density at radius 3 is 2.30 bits per heavy atom. The average Bonchev–Trinajstić information content (AvgIpc) is 2.48. The van der Waals surface area contributed by atoms with E-state index in [2.05, 4.69) is 0 Å². The lowest BCUT2D eigenvalue weighted by Gasteiger charge is -2.08. The van der Waals surface area contributed by atoms with Crippen molar-refractivity contribution in [3.05, 3.63) is 72.3 Å². The van der Waals surface area contributed by atoms with E-state index in [1.807, 2.05) is 6.07 Å². The molecule has 3 nitrogen and oxygen atoms in total. The van der Waals surface area contributed by atoms with Gasteiger partial charge in [0.25, 0.3) is 0 Å². The molecule has 0 aliphatic heterocycles. The van der Waals surface area contributed by atoms with Gasteiger partial charge in [-0.15, -0.1) is 0 Å². The van der Waals surface area contributed by atoms with Crippen LogP contribution >= 0.6 is 0 Å². The summed E-state index contributed by atoms with van der Waals surface area (Å²) in [7, 11) is 0. The number of aromatic hydroxyl groups is 1. The van der Waals surface area contributed by atoms with Gasteiger partial charge in [-0.2, -0.15) is 0 Å². The zero-order valence-electron chi connectivity index (χ0n) is 10.6. The van der Waals surface area contributed by atoms with Gasteiger partial charge in [-0.05, 0) is 29.7 Å². The van der Waals surface area contributed by atoms with E-state index in [1.165, 1.54) is 0 Å². The highest BCUT2D eigenvalue weighted by Crippen LogP contribution is 2.27. The summed E-state index contributed by atoms with van der Waals surface area (Å²) < 4.78 is 5.33. The first-order chi connectivity index (χ1) is 9.75. The van der Waals surface area contributed by atoms with Crippen LogP contribution in [0.25, 0.3) is 10.8 Å². The molecule has 0 saturated heterocycles. The summed E-state index contributed by atoms with van der Waals surface area (Å²) in [6, 6.07) is 19.2. The van der Waals surface area contributed by atoms with Gasteiger partial charge < -0.3 is 9.84 Å². The van der Waals surface area contributed by atoms with Gasteiger partial charge >= 0.3 is 5.97 Å². The maximum Gasteiger partial charge on any atom is 0.344 e. The van der Waals surface area contributed by atoms with Crippen molar-refractivity contribution in [1.29, 1.82) is 0 Å². The number of phenols is 1. The zero-order chi connectivity index (χ0) is 13.9. The Labute approximate surface area is 116 Å². The van der Waals surface area contributed by atoms with Crippen molar-refractivity contribution >= 4 is 16.7 Å². The number of ether oxygens (including phenoxy) is 1. The molecule has 0 aliphatic carbocycles. The molecule has 0 radical (unpaired) electrons. The van der Waals surface area contributed by atoms with Crippen LogP contribution in [0, 0.1) is 0 Å². The molecule has 1 N–H and O–H groups in total. The van der Waals surface area contributed by atoms with Gasteiger partial charge in [-0.25, -0.2) is 4.79 Å². The summed E-state index contributed by atoms with van der Waals surface area (Å²) in [5.74, 6) is 0.207. The largest absolute Gasteiger partial charge is 0.507 e. The van der Waals surface area contributed by atoms with Crippen molar-refractivity contribution in [3.8, 4) is 11.5 Å². The van der Waals surface area contributed by atoms with Crippen LogP contribution in [0.15, 0.2) is 66.7 Å². The number of phenolic OH excluding ortho intramolecular Hbond substituents is 1. The number of carbonyl (C=O) groups is 1. The van der Waals surface area contributed by atoms with Crippen molar-refractivity contribution in [2.75, 3.05) is 0 Å². The molecule has 0 heterocycles. The van der Waals surface area contributed by atoms with Crippen LogP contribution in [0.5, 0.6) is 11.5 Å². The summed E-state index contributed by atoms with van der Waals surface area (Å²) in [6.07, 6.45) is 0. The Balaban J connectivity index is 2.02. The average molecular weight is 264 g/mol. The number of hydrogen-bond acceptors (Lipinski definition) is 3. The monoisotopic (exact) mass is 264 g/mol. The maximum absolute atomic E-state index is 12.2. The molecule has 3 heteroatoms. The van der Waals surface area contributed by atoms with Crippen molar-refractivity contribution in [1.82, 2.24) is 0 Å². The predicted molar refractivity (Wildman–Crippen MR) is 77.0 cm³/mol. The molecular formula is C17H12O3. The molecule has 3 rings (SSSR count). The van der Waals surface area contributed by atoms with Crippen molar-refractivity contribution < 1.29 is 14.6 Å². The van der Waals surface area contributed by atoms with Crippen LogP contribution in [0.3, 0.4) is 0 Å². The number of rotatable bonds is 2. The lowest BCUT2D eigenvalue weighted by molar-refractivity contribution is 0.0737. The van der Waals surface area contributed by atoms with Crippen LogP contribution in [-0.4, -0.2) is 11.1 Å². The summed E-state index contributed by atoms with van der Waals surface area (Å²) in [6.45, 7) is 0. The SMILES string of the molecule is O=C(Oc1ccccc1)c1cccc2c(O)cccc12. The van der Waals surface area contributed by atoms with Crippen molar-refractivity contribution in [2.45, 2.75) is 0 Å². The van der Waals surface area contributed by atoms with Crippen LogP contribution in [-0.2, 0) is 0 Å². The number of esters is 1. The molecule has 0 amide bonds. The van der Waals surface area contributed by atoms with Gasteiger partial charge in [-0.1, -0.05) is 42.5 Å². The van der Waals surface area contributed by atoms with Gasteiger partial charge in [-0.3, -0.25) is 0 Å². The number of hydrogen-bond donors (Lipinski definition) is 1. The van der Waals surface area contributed by atoms with E-state index < -0.39 is 5.97 Å². The molecule has 20 heavy (non-hydrogen) atoms. The summed E-state index contributed by atoms with van der Waals surface area (Å²) >= 11 is 0. The third-order valence-corrected chi connectivity index (χ3v) is 3.07. The van der Waals surface area contributed by atoms with Crippen LogP contribution < -0.4 is 4.74 Å². The second kappa shape index (κ2) is 5.05.